The van der Waals surface area contributed by atoms with Crippen LogP contribution in [0.2, 0.25) is 10.0 Å². The van der Waals surface area contributed by atoms with Crippen molar-refractivity contribution in [2.24, 2.45) is 0 Å². The summed E-state index contributed by atoms with van der Waals surface area (Å²) in [5, 5.41) is 10.7. The van der Waals surface area contributed by atoms with Crippen molar-refractivity contribution in [3.63, 3.8) is 0 Å². The summed E-state index contributed by atoms with van der Waals surface area (Å²) in [7, 11) is 0. The van der Waals surface area contributed by atoms with Gasteiger partial charge in [-0.25, -0.2) is 0 Å². The molecule has 0 amide bonds. The van der Waals surface area contributed by atoms with Crippen LogP contribution in [0, 0.1) is 0 Å². The van der Waals surface area contributed by atoms with E-state index < -0.39 is 0 Å². The van der Waals surface area contributed by atoms with Gasteiger partial charge in [-0.1, -0.05) is 39.1 Å². The topological polar surface area (TPSA) is 20.2 Å². The normalized spacial score (nSPS) is 10.1. The molecule has 0 aliphatic rings. The second kappa shape index (κ2) is 3.65. The van der Waals surface area contributed by atoms with Gasteiger partial charge in [0.2, 0.25) is 0 Å². The summed E-state index contributed by atoms with van der Waals surface area (Å²) in [6, 6.07) is 3.06. The summed E-state index contributed by atoms with van der Waals surface area (Å²) >= 11 is 14.6. The van der Waals surface area contributed by atoms with Crippen LogP contribution in [-0.2, 0) is 5.33 Å². The molecule has 1 nitrogen and oxygen atoms in total. The van der Waals surface area contributed by atoms with Gasteiger partial charge in [0.25, 0.3) is 0 Å². The van der Waals surface area contributed by atoms with E-state index in [9.17, 15) is 5.11 Å². The minimum Gasteiger partial charge on any atom is -0.508 e. The van der Waals surface area contributed by atoms with Crippen molar-refractivity contribution >= 4 is 39.1 Å². The molecule has 0 bridgehead atoms. The largest absolute Gasteiger partial charge is 0.508 e. The van der Waals surface area contributed by atoms with Crippen LogP contribution in [0.25, 0.3) is 0 Å². The van der Waals surface area contributed by atoms with Crippen molar-refractivity contribution in [1.82, 2.24) is 0 Å². The number of hydrogen-bond acceptors (Lipinski definition) is 1. The predicted octanol–water partition coefficient (Wildman–Crippen LogP) is 3.59. The minimum atomic E-state index is 0.124. The molecule has 0 spiro atoms. The van der Waals surface area contributed by atoms with Gasteiger partial charge < -0.3 is 5.11 Å². The summed E-state index contributed by atoms with van der Waals surface area (Å²) < 4.78 is 0. The van der Waals surface area contributed by atoms with Gasteiger partial charge in [-0.3, -0.25) is 0 Å². The Kier molecular flexibility index (Phi) is 3.05. The van der Waals surface area contributed by atoms with Gasteiger partial charge in [0.15, 0.2) is 0 Å². The van der Waals surface area contributed by atoms with Gasteiger partial charge in [-0.2, -0.15) is 0 Å². The molecule has 0 aliphatic heterocycles. The molecule has 1 N–H and O–H groups in total. The van der Waals surface area contributed by atoms with Gasteiger partial charge in [0.05, 0.1) is 0 Å². The molecule has 60 valence electrons. The molecule has 0 aromatic heterocycles. The van der Waals surface area contributed by atoms with Gasteiger partial charge in [0, 0.05) is 20.9 Å². The second-order valence-corrected chi connectivity index (χ2v) is 3.42. The fourth-order valence-electron chi connectivity index (χ4n) is 0.722. The first-order valence-electron chi connectivity index (χ1n) is 2.88. The van der Waals surface area contributed by atoms with Crippen LogP contribution in [0.4, 0.5) is 0 Å². The third-order valence-corrected chi connectivity index (χ3v) is 2.39. The summed E-state index contributed by atoms with van der Waals surface area (Å²) in [4.78, 5) is 0. The lowest BCUT2D eigenvalue weighted by molar-refractivity contribution is 0.471. The van der Waals surface area contributed by atoms with Crippen LogP contribution < -0.4 is 0 Å². The van der Waals surface area contributed by atoms with E-state index in [1.165, 1.54) is 6.07 Å². The molecule has 0 unspecified atom stereocenters. The third kappa shape index (κ3) is 2.01. The molecule has 1 aromatic rings. The molecule has 0 aliphatic carbocycles. The Morgan fingerprint density at radius 1 is 1.36 bits per heavy atom. The van der Waals surface area contributed by atoms with Gasteiger partial charge in [0.1, 0.15) is 5.75 Å². The first kappa shape index (κ1) is 9.17. The first-order chi connectivity index (χ1) is 5.15. The maximum absolute atomic E-state index is 9.27. The Labute approximate surface area is 83.1 Å². The SMILES string of the molecule is Oc1cc(Cl)cc(Cl)c1CBr. The molecule has 4 heteroatoms. The quantitative estimate of drug-likeness (QED) is 0.761. The Morgan fingerprint density at radius 2 is 2.00 bits per heavy atom. The van der Waals surface area contributed by atoms with Gasteiger partial charge in [-0.15, -0.1) is 0 Å². The fourth-order valence-corrected chi connectivity index (χ4v) is 2.02. The molecular weight excluding hydrogens is 251 g/mol. The fraction of sp³-hybridized carbons (Fsp3) is 0.143. The van der Waals surface area contributed by atoms with E-state index in [0.717, 1.165) is 0 Å². The van der Waals surface area contributed by atoms with E-state index in [1.54, 1.807) is 6.07 Å². The summed E-state index contributed by atoms with van der Waals surface area (Å²) in [6.45, 7) is 0. The number of halogens is 3. The summed E-state index contributed by atoms with van der Waals surface area (Å²) in [5.74, 6) is 0.124. The number of rotatable bonds is 1. The van der Waals surface area contributed by atoms with Crippen molar-refractivity contribution in [3.05, 3.63) is 27.7 Å². The number of aromatic hydroxyl groups is 1. The minimum absolute atomic E-state index is 0.124. The van der Waals surface area contributed by atoms with E-state index >= 15 is 0 Å². The summed E-state index contributed by atoms with van der Waals surface area (Å²) in [6.07, 6.45) is 0. The molecule has 0 fully saturated rings. The summed E-state index contributed by atoms with van der Waals surface area (Å²) in [5.41, 5.74) is 0.663. The number of hydrogen-bond donors (Lipinski definition) is 1. The lowest BCUT2D eigenvalue weighted by Crippen LogP contribution is -1.81. The van der Waals surface area contributed by atoms with Crippen LogP contribution in [0.3, 0.4) is 0 Å². The highest BCUT2D eigenvalue weighted by atomic mass is 79.9. The van der Waals surface area contributed by atoms with E-state index in [-0.39, 0.29) is 5.75 Å². The van der Waals surface area contributed by atoms with E-state index in [2.05, 4.69) is 15.9 Å². The monoisotopic (exact) mass is 254 g/mol. The van der Waals surface area contributed by atoms with Crippen LogP contribution in [0.1, 0.15) is 5.56 Å². The smallest absolute Gasteiger partial charge is 0.122 e. The lowest BCUT2D eigenvalue weighted by atomic mass is 10.2. The Morgan fingerprint density at radius 3 is 2.45 bits per heavy atom. The molecule has 0 saturated heterocycles. The second-order valence-electron chi connectivity index (χ2n) is 2.02. The number of alkyl halides is 1. The molecule has 11 heavy (non-hydrogen) atoms. The zero-order chi connectivity index (χ0) is 8.43. The van der Waals surface area contributed by atoms with Crippen LogP contribution >= 0.6 is 39.1 Å². The number of benzene rings is 1. The van der Waals surface area contributed by atoms with Gasteiger partial charge in [-0.05, 0) is 12.1 Å². The van der Waals surface area contributed by atoms with Crippen molar-refractivity contribution in [1.29, 1.82) is 0 Å². The molecular formula is C7H5BrCl2O. The van der Waals surface area contributed by atoms with E-state index in [4.69, 9.17) is 23.2 Å². The Hall–Kier alpha value is 0.0800. The molecule has 0 heterocycles. The van der Waals surface area contributed by atoms with Crippen molar-refractivity contribution < 1.29 is 5.11 Å². The standard InChI is InChI=1S/C7H5BrCl2O/c8-3-5-6(10)1-4(9)2-7(5)11/h1-2,11H,3H2. The highest BCUT2D eigenvalue weighted by Crippen LogP contribution is 2.31. The van der Waals surface area contributed by atoms with Crippen LogP contribution in [-0.4, -0.2) is 5.11 Å². The predicted molar refractivity (Wildman–Crippen MR) is 50.8 cm³/mol. The zero-order valence-corrected chi connectivity index (χ0v) is 8.54. The molecule has 1 aromatic carbocycles. The van der Waals surface area contributed by atoms with Gasteiger partial charge >= 0.3 is 0 Å². The maximum Gasteiger partial charge on any atom is 0.122 e. The molecule has 1 rings (SSSR count). The highest BCUT2D eigenvalue weighted by molar-refractivity contribution is 9.08. The zero-order valence-electron chi connectivity index (χ0n) is 5.44. The maximum atomic E-state index is 9.27. The van der Waals surface area contributed by atoms with Crippen LogP contribution in [0.15, 0.2) is 12.1 Å². The third-order valence-electron chi connectivity index (χ3n) is 1.27. The van der Waals surface area contributed by atoms with Crippen molar-refractivity contribution in [3.8, 4) is 5.75 Å². The number of phenols is 1. The van der Waals surface area contributed by atoms with E-state index in [0.29, 0.717) is 20.9 Å². The van der Waals surface area contributed by atoms with Crippen molar-refractivity contribution in [2.45, 2.75) is 5.33 Å². The average Bonchev–Trinajstić information content (AvgIpc) is 1.85. The van der Waals surface area contributed by atoms with E-state index in [1.807, 2.05) is 0 Å². The molecule has 0 radical (unpaired) electrons. The Bertz CT molecular complexity index is 252. The lowest BCUT2D eigenvalue weighted by Gasteiger charge is -2.03. The average molecular weight is 256 g/mol. The highest BCUT2D eigenvalue weighted by Gasteiger charge is 2.05. The number of phenolic OH excluding ortho intramolecular Hbond substituents is 1. The Balaban J connectivity index is 3.25. The van der Waals surface area contributed by atoms with Crippen LogP contribution in [0.5, 0.6) is 5.75 Å². The first-order valence-corrected chi connectivity index (χ1v) is 4.75. The van der Waals surface area contributed by atoms with Crippen molar-refractivity contribution in [2.75, 3.05) is 0 Å². The molecule has 0 saturated carbocycles. The molecule has 0 atom stereocenters.